The fourth-order valence-electron chi connectivity index (χ4n) is 1.51. The predicted molar refractivity (Wildman–Crippen MR) is 94.7 cm³/mol. The molecule has 0 radical (unpaired) electrons. The summed E-state index contributed by atoms with van der Waals surface area (Å²) >= 11 is 0. The van der Waals surface area contributed by atoms with Crippen molar-refractivity contribution in [3.8, 4) is 0 Å². The lowest BCUT2D eigenvalue weighted by atomic mass is 10.2. The Morgan fingerprint density at radius 3 is 1.20 bits per heavy atom. The maximum absolute atomic E-state index is 3.26. The van der Waals surface area contributed by atoms with Crippen molar-refractivity contribution in [1.29, 1.82) is 0 Å². The molecule has 0 fully saturated rings. The zero-order valence-electron chi connectivity index (χ0n) is 13.6. The minimum atomic E-state index is 0. The van der Waals surface area contributed by atoms with E-state index in [1.807, 2.05) is 0 Å². The van der Waals surface area contributed by atoms with Gasteiger partial charge in [-0.15, -0.1) is 24.8 Å². The van der Waals surface area contributed by atoms with E-state index in [1.165, 1.54) is 25.7 Å². The fourth-order valence-corrected chi connectivity index (χ4v) is 1.51. The summed E-state index contributed by atoms with van der Waals surface area (Å²) in [4.78, 5) is 0. The van der Waals surface area contributed by atoms with Crippen LogP contribution in [0.3, 0.4) is 0 Å². The quantitative estimate of drug-likeness (QED) is 0.310. The summed E-state index contributed by atoms with van der Waals surface area (Å²) in [6.45, 7) is 13.1. The van der Waals surface area contributed by atoms with E-state index in [9.17, 15) is 0 Å². The van der Waals surface area contributed by atoms with Gasteiger partial charge in [0.2, 0.25) is 0 Å². The van der Waals surface area contributed by atoms with Gasteiger partial charge >= 0.3 is 0 Å². The molecular weight excluding hydrogens is 295 g/mol. The minimum absolute atomic E-state index is 0. The largest absolute Gasteiger partial charge is 0.258 e. The first-order valence-electron chi connectivity index (χ1n) is 7.54. The van der Waals surface area contributed by atoms with Gasteiger partial charge in [-0.3, -0.25) is 21.7 Å². The second kappa shape index (κ2) is 19.4. The van der Waals surface area contributed by atoms with Crippen LogP contribution in [-0.2, 0) is 0 Å². The highest BCUT2D eigenvalue weighted by Crippen LogP contribution is 1.97. The lowest BCUT2D eigenvalue weighted by Gasteiger charge is -2.10. The lowest BCUT2D eigenvalue weighted by Crippen LogP contribution is -2.35. The maximum atomic E-state index is 3.26. The van der Waals surface area contributed by atoms with Crippen molar-refractivity contribution in [2.45, 2.75) is 53.4 Å². The van der Waals surface area contributed by atoms with Crippen LogP contribution in [0.25, 0.3) is 0 Å². The van der Waals surface area contributed by atoms with Gasteiger partial charge in [0.1, 0.15) is 0 Å². The highest BCUT2D eigenvalue weighted by molar-refractivity contribution is 5.85. The fraction of sp³-hybridized carbons (Fsp3) is 1.00. The Morgan fingerprint density at radius 1 is 0.550 bits per heavy atom. The second-order valence-electron chi connectivity index (χ2n) is 5.82. The Labute approximate surface area is 138 Å². The molecule has 0 aromatic carbocycles. The summed E-state index contributed by atoms with van der Waals surface area (Å²) in [6.07, 6.45) is 5.12. The van der Waals surface area contributed by atoms with Gasteiger partial charge < -0.3 is 0 Å². The molecule has 4 nitrogen and oxygen atoms in total. The number of hydrazine groups is 2. The van der Waals surface area contributed by atoms with Crippen LogP contribution < -0.4 is 21.7 Å². The normalized spacial score (nSPS) is 10.5. The molecule has 0 atom stereocenters. The molecule has 0 rings (SSSR count). The molecule has 0 aliphatic carbocycles. The Bertz CT molecular complexity index is 151. The van der Waals surface area contributed by atoms with Crippen LogP contribution in [0.2, 0.25) is 0 Å². The zero-order valence-corrected chi connectivity index (χ0v) is 15.3. The van der Waals surface area contributed by atoms with Gasteiger partial charge in [0, 0.05) is 26.2 Å². The summed E-state index contributed by atoms with van der Waals surface area (Å²) in [5.74, 6) is 1.42. The highest BCUT2D eigenvalue weighted by atomic mass is 35.5. The lowest BCUT2D eigenvalue weighted by molar-refractivity contribution is 0.444. The third-order valence-electron chi connectivity index (χ3n) is 2.62. The van der Waals surface area contributed by atoms with E-state index in [1.54, 1.807) is 0 Å². The van der Waals surface area contributed by atoms with Gasteiger partial charge in [0.15, 0.2) is 0 Å². The molecule has 0 spiro atoms. The number of rotatable bonds is 13. The van der Waals surface area contributed by atoms with Gasteiger partial charge in [-0.25, -0.2) is 0 Å². The topological polar surface area (TPSA) is 48.1 Å². The Balaban J connectivity index is -0.00000144. The summed E-state index contributed by atoms with van der Waals surface area (Å²) in [5, 5.41) is 0. The molecule has 0 heterocycles. The first kappa shape index (κ1) is 25.4. The standard InChI is InChI=1S/C14H34N4.2ClH/c1-13(2)11-17-15-9-7-5-6-8-10-16-18-12-14(3)4;;/h13-18H,5-12H2,1-4H3;2*1H. The Kier molecular flexibility index (Phi) is 24.6. The summed E-state index contributed by atoms with van der Waals surface area (Å²) in [5.41, 5.74) is 13.0. The van der Waals surface area contributed by atoms with E-state index in [2.05, 4.69) is 49.4 Å². The molecule has 4 N–H and O–H groups in total. The van der Waals surface area contributed by atoms with Crippen molar-refractivity contribution < 1.29 is 0 Å². The highest BCUT2D eigenvalue weighted by Gasteiger charge is 1.94. The molecule has 20 heavy (non-hydrogen) atoms. The Morgan fingerprint density at radius 2 is 0.900 bits per heavy atom. The number of unbranched alkanes of at least 4 members (excludes halogenated alkanes) is 3. The average Bonchev–Trinajstić information content (AvgIpc) is 2.29. The van der Waals surface area contributed by atoms with Gasteiger partial charge in [0.05, 0.1) is 0 Å². The molecule has 0 bridgehead atoms. The monoisotopic (exact) mass is 330 g/mol. The summed E-state index contributed by atoms with van der Waals surface area (Å²) < 4.78 is 0. The minimum Gasteiger partial charge on any atom is -0.258 e. The third kappa shape index (κ3) is 23.5. The van der Waals surface area contributed by atoms with Gasteiger partial charge in [-0.05, 0) is 24.7 Å². The van der Waals surface area contributed by atoms with E-state index < -0.39 is 0 Å². The van der Waals surface area contributed by atoms with Crippen LogP contribution in [-0.4, -0.2) is 26.2 Å². The van der Waals surface area contributed by atoms with Crippen LogP contribution in [0.1, 0.15) is 53.4 Å². The van der Waals surface area contributed by atoms with Gasteiger partial charge in [0.25, 0.3) is 0 Å². The van der Waals surface area contributed by atoms with Crippen LogP contribution >= 0.6 is 24.8 Å². The van der Waals surface area contributed by atoms with Crippen LogP contribution in [0.5, 0.6) is 0 Å². The maximum Gasteiger partial charge on any atom is 0.0123 e. The van der Waals surface area contributed by atoms with Crippen LogP contribution in [0.15, 0.2) is 0 Å². The number of nitrogens with one attached hydrogen (secondary N) is 4. The number of halogens is 2. The number of hydrogen-bond donors (Lipinski definition) is 4. The smallest absolute Gasteiger partial charge is 0.0123 e. The van der Waals surface area contributed by atoms with E-state index >= 15 is 0 Å². The van der Waals surface area contributed by atoms with Crippen molar-refractivity contribution in [3.63, 3.8) is 0 Å². The van der Waals surface area contributed by atoms with Gasteiger partial charge in [-0.2, -0.15) is 0 Å². The molecule has 0 aliphatic heterocycles. The van der Waals surface area contributed by atoms with Crippen LogP contribution in [0, 0.1) is 11.8 Å². The van der Waals surface area contributed by atoms with Crippen molar-refractivity contribution in [1.82, 2.24) is 21.7 Å². The summed E-state index contributed by atoms with van der Waals surface area (Å²) in [7, 11) is 0. The first-order valence-corrected chi connectivity index (χ1v) is 7.54. The molecule has 0 aliphatic rings. The molecule has 0 saturated heterocycles. The zero-order chi connectivity index (χ0) is 13.6. The first-order chi connectivity index (χ1) is 8.63. The van der Waals surface area contributed by atoms with E-state index in [4.69, 9.17) is 0 Å². The van der Waals surface area contributed by atoms with E-state index in [0.29, 0.717) is 11.8 Å². The number of hydrogen-bond acceptors (Lipinski definition) is 4. The van der Waals surface area contributed by atoms with Gasteiger partial charge in [-0.1, -0.05) is 40.5 Å². The van der Waals surface area contributed by atoms with E-state index in [-0.39, 0.29) is 24.8 Å². The van der Waals surface area contributed by atoms with Crippen LogP contribution in [0.4, 0.5) is 0 Å². The molecular formula is C14H36Cl2N4. The van der Waals surface area contributed by atoms with Crippen molar-refractivity contribution >= 4 is 24.8 Å². The third-order valence-corrected chi connectivity index (χ3v) is 2.62. The molecule has 0 unspecified atom stereocenters. The van der Waals surface area contributed by atoms with Crippen molar-refractivity contribution in [2.75, 3.05) is 26.2 Å². The molecule has 0 aromatic heterocycles. The molecule has 126 valence electrons. The molecule has 0 saturated carbocycles. The van der Waals surface area contributed by atoms with Crippen molar-refractivity contribution in [2.24, 2.45) is 11.8 Å². The molecule has 6 heteroatoms. The predicted octanol–water partition coefficient (Wildman–Crippen LogP) is 2.89. The average molecular weight is 331 g/mol. The SMILES string of the molecule is CC(C)CNNCCCCCCNNCC(C)C.Cl.Cl. The van der Waals surface area contributed by atoms with Crippen molar-refractivity contribution in [3.05, 3.63) is 0 Å². The molecule has 0 aromatic rings. The van der Waals surface area contributed by atoms with E-state index in [0.717, 1.165) is 26.2 Å². The second-order valence-corrected chi connectivity index (χ2v) is 5.82. The molecule has 0 amide bonds. The summed E-state index contributed by atoms with van der Waals surface area (Å²) in [6, 6.07) is 0. The Hall–Kier alpha value is 0.420.